The number of alkyl halides is 3. The normalized spacial score (nSPS) is 26.9. The summed E-state index contributed by atoms with van der Waals surface area (Å²) in [7, 11) is -4.10. The van der Waals surface area contributed by atoms with E-state index in [1.165, 1.54) is 6.07 Å². The number of benzene rings is 1. The van der Waals surface area contributed by atoms with Gasteiger partial charge in [0, 0.05) is 6.04 Å². The van der Waals surface area contributed by atoms with Crippen molar-refractivity contribution in [2.24, 2.45) is 11.8 Å². The summed E-state index contributed by atoms with van der Waals surface area (Å²) in [6, 6.07) is 4.36. The van der Waals surface area contributed by atoms with Gasteiger partial charge in [0.2, 0.25) is 15.9 Å². The predicted octanol–water partition coefficient (Wildman–Crippen LogP) is 5.30. The van der Waals surface area contributed by atoms with Crippen molar-refractivity contribution in [2.45, 2.75) is 81.6 Å². The Morgan fingerprint density at radius 2 is 1.71 bits per heavy atom. The summed E-state index contributed by atoms with van der Waals surface area (Å²) in [5.74, 6) is -3.62. The van der Waals surface area contributed by atoms with Crippen LogP contribution in [0.15, 0.2) is 41.4 Å². The summed E-state index contributed by atoms with van der Waals surface area (Å²) in [6.07, 6.45) is -2.73. The maximum Gasteiger partial charge on any atom is 0.391 e. The van der Waals surface area contributed by atoms with Gasteiger partial charge in [-0.15, -0.1) is 0 Å². The number of aromatic nitrogens is 1. The molecule has 2 fully saturated rings. The second-order valence-corrected chi connectivity index (χ2v) is 12.1. The molecule has 1 aliphatic carbocycles. The van der Waals surface area contributed by atoms with Crippen LogP contribution < -0.4 is 5.32 Å². The Balaban J connectivity index is 1.46. The van der Waals surface area contributed by atoms with Crippen LogP contribution in [0.2, 0.25) is 0 Å². The van der Waals surface area contributed by atoms with Crippen molar-refractivity contribution in [3.05, 3.63) is 59.4 Å². The van der Waals surface area contributed by atoms with E-state index in [1.54, 1.807) is 6.92 Å². The average molecular weight is 560 g/mol. The van der Waals surface area contributed by atoms with Crippen LogP contribution in [0.4, 0.5) is 22.0 Å². The Morgan fingerprint density at radius 3 is 2.32 bits per heavy atom. The van der Waals surface area contributed by atoms with Crippen LogP contribution in [-0.2, 0) is 21.4 Å². The molecule has 208 valence electrons. The van der Waals surface area contributed by atoms with Gasteiger partial charge in [-0.2, -0.15) is 17.5 Å². The summed E-state index contributed by atoms with van der Waals surface area (Å²) in [5.41, 5.74) is 0.591. The Morgan fingerprint density at radius 1 is 1.08 bits per heavy atom. The number of nitrogens with zero attached hydrogens (tertiary/aromatic N) is 2. The Hall–Kier alpha value is -2.60. The minimum atomic E-state index is -4.26. The molecule has 6 nitrogen and oxygen atoms in total. The van der Waals surface area contributed by atoms with Crippen LogP contribution in [0.1, 0.15) is 63.1 Å². The van der Waals surface area contributed by atoms with E-state index in [0.29, 0.717) is 5.69 Å². The summed E-state index contributed by atoms with van der Waals surface area (Å²) in [6.45, 7) is 3.44. The largest absolute Gasteiger partial charge is 0.391 e. The first-order valence-corrected chi connectivity index (χ1v) is 14.0. The van der Waals surface area contributed by atoms with Crippen LogP contribution in [0.3, 0.4) is 0 Å². The lowest BCUT2D eigenvalue weighted by atomic mass is 9.78. The van der Waals surface area contributed by atoms with E-state index in [4.69, 9.17) is 0 Å². The molecule has 12 heteroatoms. The van der Waals surface area contributed by atoms with Crippen molar-refractivity contribution in [3.8, 4) is 0 Å². The minimum absolute atomic E-state index is 0.0710. The highest BCUT2D eigenvalue weighted by Gasteiger charge is 2.47. The van der Waals surface area contributed by atoms with Crippen molar-refractivity contribution in [3.63, 3.8) is 0 Å². The second-order valence-electron chi connectivity index (χ2n) is 10.3. The molecule has 3 atom stereocenters. The molecule has 1 aromatic carbocycles. The van der Waals surface area contributed by atoms with E-state index >= 15 is 0 Å². The fraction of sp³-hybridized carbons (Fsp3) is 0.538. The molecule has 2 aromatic rings. The van der Waals surface area contributed by atoms with Crippen LogP contribution >= 0.6 is 0 Å². The van der Waals surface area contributed by atoms with Crippen molar-refractivity contribution >= 4 is 15.9 Å². The zero-order chi connectivity index (χ0) is 27.8. The van der Waals surface area contributed by atoms with Gasteiger partial charge in [0.25, 0.3) is 0 Å². The van der Waals surface area contributed by atoms with Crippen LogP contribution in [0, 0.1) is 23.5 Å². The average Bonchev–Trinajstić information content (AvgIpc) is 3.18. The number of halogens is 5. The molecule has 1 aliphatic heterocycles. The van der Waals surface area contributed by atoms with Gasteiger partial charge >= 0.3 is 6.18 Å². The number of carbonyl (C=O) groups excluding carboxylic acids is 1. The van der Waals surface area contributed by atoms with Crippen molar-refractivity contribution in [1.82, 2.24) is 14.6 Å². The highest BCUT2D eigenvalue weighted by atomic mass is 32.2. The van der Waals surface area contributed by atoms with E-state index in [9.17, 15) is 35.2 Å². The maximum absolute atomic E-state index is 14.5. The molecule has 1 amide bonds. The first-order chi connectivity index (χ1) is 17.8. The van der Waals surface area contributed by atoms with Gasteiger partial charge in [0.1, 0.15) is 17.7 Å². The summed E-state index contributed by atoms with van der Waals surface area (Å²) < 4.78 is 94.7. The lowest BCUT2D eigenvalue weighted by Gasteiger charge is -2.30. The first kappa shape index (κ1) is 28.4. The Labute approximate surface area is 218 Å². The van der Waals surface area contributed by atoms with E-state index < -0.39 is 51.7 Å². The molecule has 2 heterocycles. The molecule has 0 spiro atoms. The fourth-order valence-electron chi connectivity index (χ4n) is 5.46. The quantitative estimate of drug-likeness (QED) is 0.488. The third-order valence-electron chi connectivity index (χ3n) is 7.83. The first-order valence-electron chi connectivity index (χ1n) is 12.6. The van der Waals surface area contributed by atoms with Gasteiger partial charge in [-0.3, -0.25) is 9.78 Å². The third-order valence-corrected chi connectivity index (χ3v) is 9.84. The molecule has 2 aliphatic rings. The molecule has 0 bridgehead atoms. The molecule has 1 aromatic heterocycles. The molecule has 0 unspecified atom stereocenters. The summed E-state index contributed by atoms with van der Waals surface area (Å²) in [5, 5.41) is 2.68. The van der Waals surface area contributed by atoms with Crippen LogP contribution in [0.25, 0.3) is 0 Å². The number of hydrogen-bond acceptors (Lipinski definition) is 4. The smallest absolute Gasteiger partial charge is 0.349 e. The van der Waals surface area contributed by atoms with E-state index in [1.807, 2.05) is 6.92 Å². The predicted molar refractivity (Wildman–Crippen MR) is 129 cm³/mol. The standard InChI is InChI=1S/C26H30F5N3O3S/c1-15-11-24(34(16(15)2)38(36,37)21-9-7-19(27)8-10-21)25(35)33-13-20-12-22(23(28)14-32-20)17-3-5-18(6-4-17)26(29,30)31/h7-10,12,14-18,24H,3-6,11,13H2,1-2H3,(H,33,35)/t15-,16+,17?,18?,24+/m1/s1. The molecular weight excluding hydrogens is 529 g/mol. The molecule has 38 heavy (non-hydrogen) atoms. The second kappa shape index (κ2) is 10.9. The molecular formula is C26H30F5N3O3S. The van der Waals surface area contributed by atoms with E-state index in [0.717, 1.165) is 34.8 Å². The SMILES string of the molecule is C[C@@H]1C[C@@H](C(=O)NCc2cc(C3CCC(C(F)(F)F)CC3)c(F)cn2)N(S(=O)(=O)c2ccc(F)cc2)[C@H]1C. The summed E-state index contributed by atoms with van der Waals surface area (Å²) >= 11 is 0. The van der Waals surface area contributed by atoms with Gasteiger partial charge in [-0.05, 0) is 86.8 Å². The highest BCUT2D eigenvalue weighted by molar-refractivity contribution is 7.89. The maximum atomic E-state index is 14.5. The third kappa shape index (κ3) is 5.85. The number of nitrogens with one attached hydrogen (secondary N) is 1. The minimum Gasteiger partial charge on any atom is -0.349 e. The van der Waals surface area contributed by atoms with Crippen LogP contribution in [-0.4, -0.2) is 41.9 Å². The van der Waals surface area contributed by atoms with Crippen molar-refractivity contribution in [2.75, 3.05) is 0 Å². The topological polar surface area (TPSA) is 79.4 Å². The van der Waals surface area contributed by atoms with Crippen molar-refractivity contribution < 1.29 is 35.2 Å². The Bertz CT molecular complexity index is 1260. The van der Waals surface area contributed by atoms with E-state index in [-0.39, 0.29) is 60.9 Å². The summed E-state index contributed by atoms with van der Waals surface area (Å²) in [4.78, 5) is 17.0. The number of carbonyl (C=O) groups is 1. The molecule has 4 rings (SSSR count). The number of rotatable bonds is 6. The fourth-order valence-corrected chi connectivity index (χ4v) is 7.35. The Kier molecular flexibility index (Phi) is 8.13. The van der Waals surface area contributed by atoms with Gasteiger partial charge in [-0.1, -0.05) is 6.92 Å². The van der Waals surface area contributed by atoms with Gasteiger partial charge in [-0.25, -0.2) is 17.2 Å². The van der Waals surface area contributed by atoms with Crippen molar-refractivity contribution in [1.29, 1.82) is 0 Å². The zero-order valence-electron chi connectivity index (χ0n) is 21.0. The number of pyridine rings is 1. The van der Waals surface area contributed by atoms with Gasteiger partial charge < -0.3 is 5.32 Å². The lowest BCUT2D eigenvalue weighted by Crippen LogP contribution is -2.48. The zero-order valence-corrected chi connectivity index (χ0v) is 21.8. The van der Waals surface area contributed by atoms with E-state index in [2.05, 4.69) is 10.3 Å². The molecule has 0 radical (unpaired) electrons. The van der Waals surface area contributed by atoms with Gasteiger partial charge in [0.15, 0.2) is 0 Å². The molecule has 1 saturated heterocycles. The molecule has 1 N–H and O–H groups in total. The van der Waals surface area contributed by atoms with Crippen LogP contribution in [0.5, 0.6) is 0 Å². The molecule has 1 saturated carbocycles. The number of hydrogen-bond donors (Lipinski definition) is 1. The highest BCUT2D eigenvalue weighted by Crippen LogP contribution is 2.43. The number of amides is 1. The monoisotopic (exact) mass is 559 g/mol. The number of sulfonamides is 1. The lowest BCUT2D eigenvalue weighted by molar-refractivity contribution is -0.182. The van der Waals surface area contributed by atoms with Gasteiger partial charge in [0.05, 0.1) is 29.2 Å².